The van der Waals surface area contributed by atoms with Gasteiger partial charge in [-0.15, -0.1) is 0 Å². The van der Waals surface area contributed by atoms with E-state index in [1.807, 2.05) is 43.3 Å². The number of aldehydes is 1. The minimum Gasteiger partial charge on any atom is -0.486 e. The molecule has 0 heterocycles. The number of carbonyl (C=O) groups is 1. The van der Waals surface area contributed by atoms with E-state index in [-0.39, 0.29) is 6.10 Å². The van der Waals surface area contributed by atoms with E-state index >= 15 is 0 Å². The first kappa shape index (κ1) is 12.8. The average molecular weight is 305 g/mol. The van der Waals surface area contributed by atoms with E-state index in [9.17, 15) is 4.79 Å². The van der Waals surface area contributed by atoms with Crippen molar-refractivity contribution in [1.29, 1.82) is 0 Å². The van der Waals surface area contributed by atoms with Crippen molar-refractivity contribution in [3.8, 4) is 5.75 Å². The molecule has 0 amide bonds. The fourth-order valence-electron chi connectivity index (χ4n) is 1.67. The Hall–Kier alpha value is -1.61. The van der Waals surface area contributed by atoms with Crippen LogP contribution in [0.5, 0.6) is 5.75 Å². The summed E-state index contributed by atoms with van der Waals surface area (Å²) in [7, 11) is 0. The maximum Gasteiger partial charge on any atom is 0.151 e. The van der Waals surface area contributed by atoms with Gasteiger partial charge in [0.1, 0.15) is 11.9 Å². The van der Waals surface area contributed by atoms with Gasteiger partial charge < -0.3 is 4.74 Å². The second-order valence-corrected chi connectivity index (χ2v) is 4.83. The van der Waals surface area contributed by atoms with E-state index in [0.717, 1.165) is 22.1 Å². The van der Waals surface area contributed by atoms with Crippen LogP contribution in [0.3, 0.4) is 0 Å². The van der Waals surface area contributed by atoms with Crippen molar-refractivity contribution >= 4 is 22.2 Å². The second kappa shape index (κ2) is 5.83. The monoisotopic (exact) mass is 304 g/mol. The molecule has 0 aliphatic rings. The number of ether oxygens (including phenoxy) is 1. The van der Waals surface area contributed by atoms with Crippen LogP contribution in [0.1, 0.15) is 28.9 Å². The Balaban J connectivity index is 2.15. The average Bonchev–Trinajstić information content (AvgIpc) is 2.40. The van der Waals surface area contributed by atoms with Crippen molar-refractivity contribution in [2.24, 2.45) is 0 Å². The van der Waals surface area contributed by atoms with Gasteiger partial charge in [-0.1, -0.05) is 30.3 Å². The van der Waals surface area contributed by atoms with Crippen LogP contribution < -0.4 is 4.74 Å². The lowest BCUT2D eigenvalue weighted by Gasteiger charge is -2.15. The summed E-state index contributed by atoms with van der Waals surface area (Å²) >= 11 is 3.34. The predicted octanol–water partition coefficient (Wildman–Crippen LogP) is 4.40. The number of rotatable bonds is 4. The maximum atomic E-state index is 10.7. The molecule has 0 aromatic heterocycles. The molecule has 0 saturated carbocycles. The molecule has 0 bridgehead atoms. The molecule has 0 radical (unpaired) electrons. The van der Waals surface area contributed by atoms with Crippen molar-refractivity contribution in [3.05, 3.63) is 64.1 Å². The molecule has 18 heavy (non-hydrogen) atoms. The van der Waals surface area contributed by atoms with Crippen LogP contribution in [0.2, 0.25) is 0 Å². The minimum atomic E-state index is -0.0276. The first-order valence-corrected chi connectivity index (χ1v) is 6.46. The van der Waals surface area contributed by atoms with Crippen LogP contribution in [0.15, 0.2) is 53.0 Å². The predicted molar refractivity (Wildman–Crippen MR) is 75.0 cm³/mol. The molecule has 0 aliphatic carbocycles. The third-order valence-corrected chi connectivity index (χ3v) is 3.37. The Morgan fingerprint density at radius 2 is 1.89 bits per heavy atom. The number of benzene rings is 2. The number of hydrogen-bond acceptors (Lipinski definition) is 2. The van der Waals surface area contributed by atoms with Gasteiger partial charge in [0.15, 0.2) is 6.29 Å². The van der Waals surface area contributed by atoms with E-state index < -0.39 is 0 Å². The molecule has 2 aromatic rings. The first-order valence-electron chi connectivity index (χ1n) is 5.67. The van der Waals surface area contributed by atoms with Gasteiger partial charge in [-0.05, 0) is 46.6 Å². The third kappa shape index (κ3) is 2.99. The van der Waals surface area contributed by atoms with Gasteiger partial charge in [0, 0.05) is 10.0 Å². The summed E-state index contributed by atoms with van der Waals surface area (Å²) in [6, 6.07) is 15.4. The van der Waals surface area contributed by atoms with Crippen LogP contribution >= 0.6 is 15.9 Å². The van der Waals surface area contributed by atoms with Crippen LogP contribution in [0.4, 0.5) is 0 Å². The minimum absolute atomic E-state index is 0.0276. The molecule has 0 fully saturated rings. The van der Waals surface area contributed by atoms with E-state index in [1.54, 1.807) is 12.1 Å². The Kier molecular flexibility index (Phi) is 4.15. The summed E-state index contributed by atoms with van der Waals surface area (Å²) < 4.78 is 6.58. The molecule has 0 spiro atoms. The molecule has 1 atom stereocenters. The SMILES string of the molecule is CC(Oc1ccc(C=O)c(Br)c1)c1ccccc1. The summed E-state index contributed by atoms with van der Waals surface area (Å²) in [5.41, 5.74) is 1.74. The second-order valence-electron chi connectivity index (χ2n) is 3.97. The summed E-state index contributed by atoms with van der Waals surface area (Å²) in [6.07, 6.45) is 0.786. The molecule has 92 valence electrons. The summed E-state index contributed by atoms with van der Waals surface area (Å²) in [5, 5.41) is 0. The highest BCUT2D eigenvalue weighted by Crippen LogP contribution is 2.26. The van der Waals surface area contributed by atoms with Crippen LogP contribution in [0, 0.1) is 0 Å². The van der Waals surface area contributed by atoms with Gasteiger partial charge in [-0.2, -0.15) is 0 Å². The quantitative estimate of drug-likeness (QED) is 0.783. The molecular formula is C15H13BrO2. The van der Waals surface area contributed by atoms with E-state index in [0.29, 0.717) is 5.56 Å². The molecular weight excluding hydrogens is 292 g/mol. The van der Waals surface area contributed by atoms with Crippen molar-refractivity contribution < 1.29 is 9.53 Å². The van der Waals surface area contributed by atoms with Crippen molar-refractivity contribution in [2.45, 2.75) is 13.0 Å². The molecule has 2 nitrogen and oxygen atoms in total. The van der Waals surface area contributed by atoms with Gasteiger partial charge in [-0.25, -0.2) is 0 Å². The van der Waals surface area contributed by atoms with Gasteiger partial charge in [-0.3, -0.25) is 4.79 Å². The zero-order valence-corrected chi connectivity index (χ0v) is 11.6. The first-order chi connectivity index (χ1) is 8.70. The van der Waals surface area contributed by atoms with Crippen molar-refractivity contribution in [2.75, 3.05) is 0 Å². The molecule has 0 N–H and O–H groups in total. The smallest absolute Gasteiger partial charge is 0.151 e. The van der Waals surface area contributed by atoms with E-state index in [1.165, 1.54) is 0 Å². The van der Waals surface area contributed by atoms with E-state index in [2.05, 4.69) is 15.9 Å². The Morgan fingerprint density at radius 1 is 1.17 bits per heavy atom. The van der Waals surface area contributed by atoms with Gasteiger partial charge >= 0.3 is 0 Å². The van der Waals surface area contributed by atoms with Crippen LogP contribution in [0.25, 0.3) is 0 Å². The summed E-state index contributed by atoms with van der Waals surface area (Å²) in [4.78, 5) is 10.7. The molecule has 2 aromatic carbocycles. The molecule has 3 heteroatoms. The highest BCUT2D eigenvalue weighted by Gasteiger charge is 2.08. The van der Waals surface area contributed by atoms with Gasteiger partial charge in [0.25, 0.3) is 0 Å². The zero-order chi connectivity index (χ0) is 13.0. The van der Waals surface area contributed by atoms with Crippen molar-refractivity contribution in [3.63, 3.8) is 0 Å². The van der Waals surface area contributed by atoms with E-state index in [4.69, 9.17) is 4.74 Å². The maximum absolute atomic E-state index is 10.7. The lowest BCUT2D eigenvalue weighted by molar-refractivity contribution is 0.112. The van der Waals surface area contributed by atoms with Crippen LogP contribution in [-0.2, 0) is 0 Å². The normalized spacial score (nSPS) is 11.9. The lowest BCUT2D eigenvalue weighted by Crippen LogP contribution is -2.02. The highest BCUT2D eigenvalue weighted by molar-refractivity contribution is 9.10. The Morgan fingerprint density at radius 3 is 2.50 bits per heavy atom. The molecule has 0 saturated heterocycles. The fourth-order valence-corrected chi connectivity index (χ4v) is 2.12. The Bertz CT molecular complexity index is 537. The van der Waals surface area contributed by atoms with Gasteiger partial charge in [0.05, 0.1) is 0 Å². The standard InChI is InChI=1S/C15H13BrO2/c1-11(12-5-3-2-4-6-12)18-14-8-7-13(10-17)15(16)9-14/h2-11H,1H3. The van der Waals surface area contributed by atoms with Crippen LogP contribution in [-0.4, -0.2) is 6.29 Å². The zero-order valence-electron chi connectivity index (χ0n) is 9.97. The fraction of sp³-hybridized carbons (Fsp3) is 0.133. The number of carbonyl (C=O) groups excluding carboxylic acids is 1. The lowest BCUT2D eigenvalue weighted by atomic mass is 10.1. The topological polar surface area (TPSA) is 26.3 Å². The summed E-state index contributed by atoms with van der Waals surface area (Å²) in [5.74, 6) is 0.740. The Labute approximate surface area is 115 Å². The summed E-state index contributed by atoms with van der Waals surface area (Å²) in [6.45, 7) is 2.00. The number of halogens is 1. The molecule has 2 rings (SSSR count). The number of hydrogen-bond donors (Lipinski definition) is 0. The van der Waals surface area contributed by atoms with Gasteiger partial charge in [0.2, 0.25) is 0 Å². The molecule has 0 aliphatic heterocycles. The highest BCUT2D eigenvalue weighted by atomic mass is 79.9. The molecule has 1 unspecified atom stereocenters. The largest absolute Gasteiger partial charge is 0.486 e. The third-order valence-electron chi connectivity index (χ3n) is 2.68. The van der Waals surface area contributed by atoms with Crippen molar-refractivity contribution in [1.82, 2.24) is 0 Å².